The molecule has 0 spiro atoms. The third-order valence-corrected chi connectivity index (χ3v) is 6.78. The van der Waals surface area contributed by atoms with Crippen LogP contribution in [0.4, 0.5) is 8.78 Å². The Balaban J connectivity index is 0.00000196. The molecule has 0 unspecified atom stereocenters. The summed E-state index contributed by atoms with van der Waals surface area (Å²) < 4.78 is 32.9. The second-order valence-electron chi connectivity index (χ2n) is 8.18. The second-order valence-corrected chi connectivity index (χ2v) is 8.18. The van der Waals surface area contributed by atoms with E-state index in [1.807, 2.05) is 6.08 Å². The average Bonchev–Trinajstić information content (AvgIpc) is 2.69. The summed E-state index contributed by atoms with van der Waals surface area (Å²) in [6.45, 7) is 3.83. The molecule has 2 fully saturated rings. The second kappa shape index (κ2) is 12.5. The van der Waals surface area contributed by atoms with Crippen LogP contribution in [-0.2, 0) is 37.1 Å². The van der Waals surface area contributed by atoms with E-state index in [0.29, 0.717) is 5.56 Å². The van der Waals surface area contributed by atoms with Gasteiger partial charge in [0.25, 0.3) is 0 Å². The third kappa shape index (κ3) is 6.14. The third-order valence-electron chi connectivity index (χ3n) is 6.78. The molecule has 0 bridgehead atoms. The van der Waals surface area contributed by atoms with Gasteiger partial charge in [0.05, 0.1) is 0 Å². The van der Waals surface area contributed by atoms with Crippen molar-refractivity contribution in [1.82, 2.24) is 0 Å². The summed E-state index contributed by atoms with van der Waals surface area (Å²) in [7, 11) is 3.17. The molecule has 2 saturated carbocycles. The van der Waals surface area contributed by atoms with Gasteiger partial charge in [0.1, 0.15) is 5.75 Å². The molecule has 0 saturated heterocycles. The van der Waals surface area contributed by atoms with E-state index in [4.69, 9.17) is 0 Å². The fraction of sp³-hybridized carbons (Fsp3) is 0.609. The van der Waals surface area contributed by atoms with Crippen molar-refractivity contribution in [3.05, 3.63) is 49.1 Å². The van der Waals surface area contributed by atoms with Gasteiger partial charge < -0.3 is 4.74 Å². The quantitative estimate of drug-likeness (QED) is 0.321. The maximum atomic E-state index is 14.3. The van der Waals surface area contributed by atoms with Crippen molar-refractivity contribution in [3.63, 3.8) is 0 Å². The van der Waals surface area contributed by atoms with Gasteiger partial charge in [-0.15, -0.1) is 6.58 Å². The standard InChI is InChI=1S/C23H31F2O.2V/c1-3-4-5-16-6-8-17(9-7-16)18-10-12-19(13-11-18)20-14-15-21(26-2)23(25)22(20)24;;/h3,14-19H,1-2,4-13H2;;/q-1;;. The smallest absolute Gasteiger partial charge is 0.198 e. The Morgan fingerprint density at radius 3 is 2.04 bits per heavy atom. The minimum atomic E-state index is -0.905. The maximum Gasteiger partial charge on any atom is 0.198 e. The Kier molecular flexibility index (Phi) is 11.5. The first kappa shape index (κ1) is 25.8. The molecule has 154 valence electrons. The minimum absolute atomic E-state index is 0. The predicted octanol–water partition coefficient (Wildman–Crippen LogP) is 7.18. The van der Waals surface area contributed by atoms with Gasteiger partial charge in [-0.1, -0.05) is 25.0 Å². The molecule has 2 aliphatic rings. The number of halogens is 2. The van der Waals surface area contributed by atoms with Crippen LogP contribution in [0.15, 0.2) is 24.8 Å². The minimum Gasteiger partial charge on any atom is -0.663 e. The number of benzene rings is 1. The van der Waals surface area contributed by atoms with Crippen molar-refractivity contribution in [3.8, 4) is 5.75 Å². The molecule has 3 rings (SSSR count). The molecule has 28 heavy (non-hydrogen) atoms. The van der Waals surface area contributed by atoms with Crippen molar-refractivity contribution in [1.29, 1.82) is 0 Å². The maximum absolute atomic E-state index is 14.3. The molecule has 0 aromatic heterocycles. The van der Waals surface area contributed by atoms with Crippen LogP contribution in [0.2, 0.25) is 0 Å². The molecule has 0 atom stereocenters. The normalized spacial score (nSPS) is 27.2. The summed E-state index contributed by atoms with van der Waals surface area (Å²) in [5.74, 6) is 0.833. The summed E-state index contributed by atoms with van der Waals surface area (Å²) >= 11 is 0. The van der Waals surface area contributed by atoms with E-state index in [-0.39, 0.29) is 48.8 Å². The molecular weight excluding hydrogens is 432 g/mol. The van der Waals surface area contributed by atoms with Gasteiger partial charge in [-0.25, -0.2) is 4.39 Å². The summed E-state index contributed by atoms with van der Waals surface area (Å²) in [5, 5.41) is 0. The fourth-order valence-electron chi connectivity index (χ4n) is 5.18. The van der Waals surface area contributed by atoms with E-state index in [1.54, 1.807) is 6.07 Å². The summed E-state index contributed by atoms with van der Waals surface area (Å²) in [6, 6.07) is 3.17. The van der Waals surface area contributed by atoms with Crippen LogP contribution in [0.5, 0.6) is 5.75 Å². The average molecular weight is 463 g/mol. The van der Waals surface area contributed by atoms with E-state index in [1.165, 1.54) is 38.2 Å². The fourth-order valence-corrected chi connectivity index (χ4v) is 5.18. The van der Waals surface area contributed by atoms with Crippen molar-refractivity contribution in [2.75, 3.05) is 0 Å². The molecule has 1 aromatic carbocycles. The number of hydrogen-bond donors (Lipinski definition) is 0. The van der Waals surface area contributed by atoms with Crippen molar-refractivity contribution >= 4 is 0 Å². The summed E-state index contributed by atoms with van der Waals surface area (Å²) in [5.41, 5.74) is 0.509. The topological polar surface area (TPSA) is 9.23 Å². The van der Waals surface area contributed by atoms with E-state index in [9.17, 15) is 8.78 Å². The van der Waals surface area contributed by atoms with Crippen LogP contribution < -0.4 is 4.74 Å². The van der Waals surface area contributed by atoms with Crippen LogP contribution >= 0.6 is 0 Å². The van der Waals surface area contributed by atoms with Gasteiger partial charge >= 0.3 is 0 Å². The molecule has 0 heterocycles. The Morgan fingerprint density at radius 2 is 1.50 bits per heavy atom. The Morgan fingerprint density at radius 1 is 0.929 bits per heavy atom. The molecule has 0 N–H and O–H groups in total. The van der Waals surface area contributed by atoms with Gasteiger partial charge in [0.2, 0.25) is 0 Å². The molecule has 0 amide bonds. The van der Waals surface area contributed by atoms with E-state index < -0.39 is 11.6 Å². The zero-order chi connectivity index (χ0) is 18.5. The molecular formula is C23H31F2OV2-. The largest absolute Gasteiger partial charge is 0.663 e. The van der Waals surface area contributed by atoms with Crippen LogP contribution in [0, 0.1) is 36.5 Å². The molecule has 1 aromatic rings. The first-order chi connectivity index (χ1) is 12.6. The number of hydrogen-bond acceptors (Lipinski definition) is 1. The molecule has 5 heteroatoms. The zero-order valence-electron chi connectivity index (χ0n) is 16.6. The van der Waals surface area contributed by atoms with Gasteiger partial charge in [-0.05, 0) is 86.7 Å². The van der Waals surface area contributed by atoms with Gasteiger partial charge in [-0.2, -0.15) is 11.5 Å². The van der Waals surface area contributed by atoms with Crippen LogP contribution in [0.1, 0.15) is 75.7 Å². The molecule has 0 aliphatic heterocycles. The van der Waals surface area contributed by atoms with Crippen LogP contribution in [0.3, 0.4) is 0 Å². The van der Waals surface area contributed by atoms with E-state index in [2.05, 4.69) is 18.4 Å². The number of ether oxygens (including phenoxy) is 1. The SMILES string of the molecule is C=CCCC1CCC(C2CCC(c3ccc(O[CH2-])c(F)c3F)CC2)CC1.[V].[V]. The number of allylic oxidation sites excluding steroid dienone is 1. The summed E-state index contributed by atoms with van der Waals surface area (Å²) in [6.07, 6.45) is 14.1. The molecule has 1 nitrogen and oxygen atoms in total. The molecule has 2 aliphatic carbocycles. The first-order valence-corrected chi connectivity index (χ1v) is 10.1. The zero-order valence-corrected chi connectivity index (χ0v) is 19.4. The van der Waals surface area contributed by atoms with Crippen molar-refractivity contribution < 1.29 is 50.6 Å². The van der Waals surface area contributed by atoms with E-state index >= 15 is 0 Å². The van der Waals surface area contributed by atoms with Crippen LogP contribution in [-0.4, -0.2) is 0 Å². The Hall–Kier alpha value is -0.211. The predicted molar refractivity (Wildman–Crippen MR) is 102 cm³/mol. The van der Waals surface area contributed by atoms with Gasteiger partial charge in [-0.3, -0.25) is 0 Å². The van der Waals surface area contributed by atoms with Crippen molar-refractivity contribution in [2.24, 2.45) is 17.8 Å². The van der Waals surface area contributed by atoms with Gasteiger partial charge in [0, 0.05) is 37.1 Å². The Labute approximate surface area is 192 Å². The summed E-state index contributed by atoms with van der Waals surface area (Å²) in [4.78, 5) is 0. The van der Waals surface area contributed by atoms with Crippen LogP contribution in [0.25, 0.3) is 0 Å². The molecule has 2 radical (unpaired) electrons. The van der Waals surface area contributed by atoms with Gasteiger partial charge in [0.15, 0.2) is 11.6 Å². The van der Waals surface area contributed by atoms with Crippen molar-refractivity contribution in [2.45, 2.75) is 70.1 Å². The number of rotatable bonds is 6. The first-order valence-electron chi connectivity index (χ1n) is 10.1. The Bertz CT molecular complexity index is 607. The van der Waals surface area contributed by atoms with E-state index in [0.717, 1.165) is 49.9 Å². The monoisotopic (exact) mass is 463 g/mol.